The molecule has 92 valence electrons. The summed E-state index contributed by atoms with van der Waals surface area (Å²) in [5.41, 5.74) is 3.76. The van der Waals surface area contributed by atoms with E-state index in [9.17, 15) is 4.79 Å². The smallest absolute Gasteiger partial charge is 0.196 e. The molecule has 4 heteroatoms. The molecule has 1 aromatic carbocycles. The van der Waals surface area contributed by atoms with Gasteiger partial charge >= 0.3 is 0 Å². The Balaban J connectivity index is 2.18. The Morgan fingerprint density at radius 3 is 2.84 bits per heavy atom. The van der Waals surface area contributed by atoms with Gasteiger partial charge in [0.1, 0.15) is 0 Å². The van der Waals surface area contributed by atoms with Crippen LogP contribution in [0.5, 0.6) is 0 Å². The van der Waals surface area contributed by atoms with Crippen LogP contribution >= 0.6 is 11.3 Å². The van der Waals surface area contributed by atoms with E-state index in [2.05, 4.69) is 11.1 Å². The Bertz CT molecular complexity index is 820. The van der Waals surface area contributed by atoms with Crippen molar-refractivity contribution in [1.29, 1.82) is 5.26 Å². The number of hydrogen-bond acceptors (Lipinski definition) is 3. The molecule has 0 saturated carbocycles. The quantitative estimate of drug-likeness (QED) is 0.720. The SMILES string of the molecule is Cc1cscc1C(=O)c1c[nH]c2ccc(C#N)cc12. The highest BCUT2D eigenvalue weighted by molar-refractivity contribution is 7.08. The van der Waals surface area contributed by atoms with E-state index in [1.165, 1.54) is 11.3 Å². The predicted molar refractivity (Wildman–Crippen MR) is 75.5 cm³/mol. The monoisotopic (exact) mass is 266 g/mol. The number of nitrogens with one attached hydrogen (secondary N) is 1. The molecule has 0 fully saturated rings. The molecule has 0 bridgehead atoms. The van der Waals surface area contributed by atoms with Crippen LogP contribution in [0.4, 0.5) is 0 Å². The molecule has 0 aliphatic heterocycles. The average molecular weight is 266 g/mol. The highest BCUT2D eigenvalue weighted by Crippen LogP contribution is 2.25. The molecule has 0 radical (unpaired) electrons. The van der Waals surface area contributed by atoms with Crippen LogP contribution in [-0.2, 0) is 0 Å². The lowest BCUT2D eigenvalue weighted by atomic mass is 10.0. The molecule has 1 N–H and O–H groups in total. The number of carbonyl (C=O) groups is 1. The van der Waals surface area contributed by atoms with Gasteiger partial charge in [0.2, 0.25) is 0 Å². The number of carbonyl (C=O) groups excluding carboxylic acids is 1. The van der Waals surface area contributed by atoms with Crippen molar-refractivity contribution < 1.29 is 4.79 Å². The number of hydrogen-bond donors (Lipinski definition) is 1. The van der Waals surface area contributed by atoms with Crippen LogP contribution in [0.3, 0.4) is 0 Å². The van der Waals surface area contributed by atoms with Gasteiger partial charge in [-0.3, -0.25) is 4.79 Å². The van der Waals surface area contributed by atoms with Gasteiger partial charge in [-0.1, -0.05) is 0 Å². The first-order chi connectivity index (χ1) is 9.20. The molecular weight excluding hydrogens is 256 g/mol. The van der Waals surface area contributed by atoms with E-state index in [1.54, 1.807) is 18.3 Å². The summed E-state index contributed by atoms with van der Waals surface area (Å²) in [5.74, 6) is 0.0000831. The fourth-order valence-corrected chi connectivity index (χ4v) is 2.94. The molecule has 0 aliphatic rings. The van der Waals surface area contributed by atoms with Crippen LogP contribution < -0.4 is 0 Å². The minimum Gasteiger partial charge on any atom is -0.360 e. The minimum atomic E-state index is 0.0000831. The van der Waals surface area contributed by atoms with Crippen LogP contribution in [0.15, 0.2) is 35.2 Å². The summed E-state index contributed by atoms with van der Waals surface area (Å²) < 4.78 is 0. The van der Waals surface area contributed by atoms with Crippen LogP contribution in [0.1, 0.15) is 27.0 Å². The third-order valence-corrected chi connectivity index (χ3v) is 4.02. The van der Waals surface area contributed by atoms with E-state index < -0.39 is 0 Å². The van der Waals surface area contributed by atoms with E-state index in [0.29, 0.717) is 11.1 Å². The fourth-order valence-electron chi connectivity index (χ4n) is 2.12. The zero-order chi connectivity index (χ0) is 13.4. The number of rotatable bonds is 2. The van der Waals surface area contributed by atoms with Gasteiger partial charge in [0.25, 0.3) is 0 Å². The van der Waals surface area contributed by atoms with E-state index >= 15 is 0 Å². The van der Waals surface area contributed by atoms with E-state index in [1.807, 2.05) is 23.8 Å². The molecule has 3 rings (SSSR count). The molecule has 0 spiro atoms. The van der Waals surface area contributed by atoms with Crippen molar-refractivity contribution in [2.24, 2.45) is 0 Å². The number of aryl methyl sites for hydroxylation is 1. The molecule has 0 saturated heterocycles. The number of thiophene rings is 1. The highest BCUT2D eigenvalue weighted by atomic mass is 32.1. The lowest BCUT2D eigenvalue weighted by Gasteiger charge is -1.99. The van der Waals surface area contributed by atoms with Gasteiger partial charge < -0.3 is 4.98 Å². The van der Waals surface area contributed by atoms with Gasteiger partial charge in [0, 0.05) is 33.6 Å². The number of H-pyrrole nitrogens is 1. The maximum atomic E-state index is 12.5. The van der Waals surface area contributed by atoms with Crippen LogP contribution in [0.25, 0.3) is 10.9 Å². The van der Waals surface area contributed by atoms with Crippen molar-refractivity contribution in [3.63, 3.8) is 0 Å². The van der Waals surface area contributed by atoms with Crippen molar-refractivity contribution in [2.45, 2.75) is 6.92 Å². The molecule has 3 nitrogen and oxygen atoms in total. The first-order valence-corrected chi connectivity index (χ1v) is 6.73. The van der Waals surface area contributed by atoms with Gasteiger partial charge in [-0.25, -0.2) is 0 Å². The third kappa shape index (κ3) is 1.85. The van der Waals surface area contributed by atoms with Crippen molar-refractivity contribution in [1.82, 2.24) is 4.98 Å². The molecular formula is C15H10N2OS. The zero-order valence-corrected chi connectivity index (χ0v) is 11.0. The summed E-state index contributed by atoms with van der Waals surface area (Å²) in [5, 5.41) is 13.6. The van der Waals surface area contributed by atoms with Gasteiger partial charge in [0.05, 0.1) is 11.6 Å². The number of benzene rings is 1. The summed E-state index contributed by atoms with van der Waals surface area (Å²) in [6.45, 7) is 1.93. The zero-order valence-electron chi connectivity index (χ0n) is 10.2. The molecule has 0 aliphatic carbocycles. The number of ketones is 1. The second-order valence-corrected chi connectivity index (χ2v) is 5.12. The first kappa shape index (κ1) is 11.7. The molecule has 2 heterocycles. The Labute approximate surface area is 114 Å². The minimum absolute atomic E-state index is 0.0000831. The second-order valence-electron chi connectivity index (χ2n) is 4.37. The second kappa shape index (κ2) is 4.38. The topological polar surface area (TPSA) is 56.6 Å². The molecule has 0 atom stereocenters. The lowest BCUT2D eigenvalue weighted by Crippen LogP contribution is -2.00. The van der Waals surface area contributed by atoms with Crippen molar-refractivity contribution in [2.75, 3.05) is 0 Å². The van der Waals surface area contributed by atoms with Crippen molar-refractivity contribution >= 4 is 28.0 Å². The van der Waals surface area contributed by atoms with Gasteiger partial charge in [-0.05, 0) is 36.1 Å². The largest absolute Gasteiger partial charge is 0.360 e. The third-order valence-electron chi connectivity index (χ3n) is 3.16. The molecule has 0 amide bonds. The van der Waals surface area contributed by atoms with E-state index in [-0.39, 0.29) is 5.78 Å². The predicted octanol–water partition coefficient (Wildman–Crippen LogP) is 3.64. The number of nitriles is 1. The van der Waals surface area contributed by atoms with Gasteiger partial charge in [0.15, 0.2) is 5.78 Å². The standard InChI is InChI=1S/C15H10N2OS/c1-9-7-19-8-13(9)15(18)12-6-17-14-3-2-10(5-16)4-11(12)14/h2-4,6-8,17H,1H3. The average Bonchev–Trinajstić information content (AvgIpc) is 3.03. The van der Waals surface area contributed by atoms with Crippen LogP contribution in [-0.4, -0.2) is 10.8 Å². The summed E-state index contributed by atoms with van der Waals surface area (Å²) >= 11 is 1.52. The van der Waals surface area contributed by atoms with Crippen molar-refractivity contribution in [3.05, 3.63) is 57.4 Å². The first-order valence-electron chi connectivity index (χ1n) is 5.79. The molecule has 3 aromatic rings. The maximum absolute atomic E-state index is 12.5. The Morgan fingerprint density at radius 1 is 1.32 bits per heavy atom. The number of aromatic nitrogens is 1. The van der Waals surface area contributed by atoms with Crippen LogP contribution in [0, 0.1) is 18.3 Å². The maximum Gasteiger partial charge on any atom is 0.196 e. The van der Waals surface area contributed by atoms with Crippen molar-refractivity contribution in [3.8, 4) is 6.07 Å². The van der Waals surface area contributed by atoms with Gasteiger partial charge in [-0.15, -0.1) is 0 Å². The Morgan fingerprint density at radius 2 is 2.16 bits per heavy atom. The highest BCUT2D eigenvalue weighted by Gasteiger charge is 2.16. The molecule has 0 unspecified atom stereocenters. The number of aromatic amines is 1. The lowest BCUT2D eigenvalue weighted by molar-refractivity contribution is 0.104. The summed E-state index contributed by atoms with van der Waals surface area (Å²) in [6, 6.07) is 7.41. The fraction of sp³-hybridized carbons (Fsp3) is 0.0667. The van der Waals surface area contributed by atoms with Gasteiger partial charge in [-0.2, -0.15) is 16.6 Å². The van der Waals surface area contributed by atoms with E-state index in [4.69, 9.17) is 5.26 Å². The van der Waals surface area contributed by atoms with Crippen LogP contribution in [0.2, 0.25) is 0 Å². The number of nitrogens with zero attached hydrogens (tertiary/aromatic N) is 1. The number of fused-ring (bicyclic) bond motifs is 1. The Kier molecular flexibility index (Phi) is 2.69. The normalized spacial score (nSPS) is 10.5. The van der Waals surface area contributed by atoms with E-state index in [0.717, 1.165) is 22.0 Å². The molecule has 2 aromatic heterocycles. The summed E-state index contributed by atoms with van der Waals surface area (Å²) in [4.78, 5) is 15.6. The Hall–Kier alpha value is -2.38. The summed E-state index contributed by atoms with van der Waals surface area (Å²) in [7, 11) is 0. The summed E-state index contributed by atoms with van der Waals surface area (Å²) in [6.07, 6.45) is 1.71. The molecule has 19 heavy (non-hydrogen) atoms.